The van der Waals surface area contributed by atoms with Gasteiger partial charge >= 0.3 is 0 Å². The van der Waals surface area contributed by atoms with Crippen LogP contribution < -0.4 is 10.7 Å². The predicted molar refractivity (Wildman–Crippen MR) is 131 cm³/mol. The van der Waals surface area contributed by atoms with Gasteiger partial charge in [-0.2, -0.15) is 25.2 Å². The summed E-state index contributed by atoms with van der Waals surface area (Å²) in [7, 11) is 0. The van der Waals surface area contributed by atoms with Crippen LogP contribution >= 0.6 is 0 Å². The average molecular weight is 435 g/mol. The van der Waals surface area contributed by atoms with E-state index in [1.807, 2.05) is 68.4 Å². The Balaban J connectivity index is 1.44. The van der Waals surface area contributed by atoms with Crippen LogP contribution in [0.4, 0.5) is 17.6 Å². The summed E-state index contributed by atoms with van der Waals surface area (Å²) in [6.07, 6.45) is 1.74. The van der Waals surface area contributed by atoms with Gasteiger partial charge in [0, 0.05) is 11.4 Å². The van der Waals surface area contributed by atoms with E-state index in [0.717, 1.165) is 28.0 Å². The van der Waals surface area contributed by atoms with Crippen molar-refractivity contribution in [3.63, 3.8) is 0 Å². The first-order valence-corrected chi connectivity index (χ1v) is 10.5. The van der Waals surface area contributed by atoms with Gasteiger partial charge in [-0.15, -0.1) is 0 Å². The van der Waals surface area contributed by atoms with E-state index < -0.39 is 0 Å². The maximum atomic E-state index is 4.55. The van der Waals surface area contributed by atoms with Crippen molar-refractivity contribution >= 4 is 34.6 Å². The summed E-state index contributed by atoms with van der Waals surface area (Å²) in [6.45, 7) is 3.89. The third kappa shape index (κ3) is 4.69. The summed E-state index contributed by atoms with van der Waals surface area (Å²) in [5.41, 5.74) is 6.58. The highest BCUT2D eigenvalue weighted by Crippen LogP contribution is 2.17. The van der Waals surface area contributed by atoms with Gasteiger partial charge in [0.15, 0.2) is 0 Å². The van der Waals surface area contributed by atoms with E-state index in [2.05, 4.69) is 60.2 Å². The number of benzene rings is 3. The summed E-state index contributed by atoms with van der Waals surface area (Å²) in [5.74, 6) is 1.10. The summed E-state index contributed by atoms with van der Waals surface area (Å²) < 4.78 is 1.69. The monoisotopic (exact) mass is 434 g/mol. The fourth-order valence-corrected chi connectivity index (χ4v) is 3.50. The lowest BCUT2D eigenvalue weighted by Gasteiger charge is -2.09. The van der Waals surface area contributed by atoms with Crippen LogP contribution in [0, 0.1) is 13.8 Å². The Morgan fingerprint density at radius 1 is 0.788 bits per heavy atom. The molecular weight excluding hydrogens is 412 g/mol. The molecule has 162 valence electrons. The van der Waals surface area contributed by atoms with Crippen molar-refractivity contribution in [2.45, 2.75) is 13.8 Å². The number of hydrogen-bond donors (Lipinski definition) is 2. The van der Waals surface area contributed by atoms with Gasteiger partial charge < -0.3 is 5.32 Å². The third-order valence-electron chi connectivity index (χ3n) is 5.00. The van der Waals surface area contributed by atoms with E-state index in [4.69, 9.17) is 0 Å². The fraction of sp³-hybridized carbons (Fsp3) is 0.0800. The molecule has 2 aromatic heterocycles. The molecule has 0 amide bonds. The van der Waals surface area contributed by atoms with Gasteiger partial charge in [-0.05, 0) is 54.4 Å². The summed E-state index contributed by atoms with van der Waals surface area (Å²) in [5, 5.41) is 14.4. The van der Waals surface area contributed by atoms with Gasteiger partial charge in [0.05, 0.1) is 11.9 Å². The summed E-state index contributed by atoms with van der Waals surface area (Å²) in [6, 6.07) is 26.1. The number of hydrogen-bond acceptors (Lipinski definition) is 7. The maximum Gasteiger partial charge on any atom is 0.257 e. The first-order valence-electron chi connectivity index (χ1n) is 10.5. The van der Waals surface area contributed by atoms with Crippen LogP contribution in [-0.2, 0) is 0 Å². The van der Waals surface area contributed by atoms with Crippen molar-refractivity contribution in [1.29, 1.82) is 0 Å². The molecule has 5 aromatic rings. The quantitative estimate of drug-likeness (QED) is 0.288. The van der Waals surface area contributed by atoms with E-state index in [-0.39, 0.29) is 0 Å². The molecule has 33 heavy (non-hydrogen) atoms. The second-order valence-electron chi connectivity index (χ2n) is 7.59. The highest BCUT2D eigenvalue weighted by atomic mass is 15.4. The molecule has 0 spiro atoms. The van der Waals surface area contributed by atoms with Gasteiger partial charge in [-0.3, -0.25) is 0 Å². The zero-order chi connectivity index (χ0) is 22.6. The fourth-order valence-electron chi connectivity index (χ4n) is 3.50. The number of nitrogens with zero attached hydrogens (tertiary/aromatic N) is 6. The molecule has 8 nitrogen and oxygen atoms in total. The molecular formula is C25H22N8. The van der Waals surface area contributed by atoms with E-state index in [0.29, 0.717) is 17.8 Å². The van der Waals surface area contributed by atoms with Gasteiger partial charge in [0.25, 0.3) is 5.95 Å². The zero-order valence-electron chi connectivity index (χ0n) is 18.3. The van der Waals surface area contributed by atoms with Crippen LogP contribution in [-0.4, -0.2) is 30.9 Å². The van der Waals surface area contributed by atoms with Crippen molar-refractivity contribution in [3.8, 4) is 5.95 Å². The molecule has 5 rings (SSSR count). The molecule has 2 N–H and O–H groups in total. The second-order valence-corrected chi connectivity index (χ2v) is 7.59. The molecule has 0 radical (unpaired) electrons. The van der Waals surface area contributed by atoms with Crippen molar-refractivity contribution in [3.05, 3.63) is 95.8 Å². The smallest absolute Gasteiger partial charge is 0.257 e. The lowest BCUT2D eigenvalue weighted by Crippen LogP contribution is -2.11. The first kappa shape index (κ1) is 20.3. The van der Waals surface area contributed by atoms with E-state index in [1.165, 1.54) is 5.39 Å². The molecule has 0 aliphatic rings. The number of rotatable bonds is 6. The van der Waals surface area contributed by atoms with Crippen molar-refractivity contribution < 1.29 is 0 Å². The van der Waals surface area contributed by atoms with E-state index >= 15 is 0 Å². The van der Waals surface area contributed by atoms with Crippen molar-refractivity contribution in [2.75, 3.05) is 10.7 Å². The molecule has 0 saturated heterocycles. The van der Waals surface area contributed by atoms with Crippen LogP contribution in [0.15, 0.2) is 84.0 Å². The Morgan fingerprint density at radius 3 is 2.33 bits per heavy atom. The minimum absolute atomic E-state index is 0.308. The SMILES string of the molecule is Cc1cc(C)n(-c2nc(N/N=C/c3ccc4ccccc4c3)nc(Nc3ccccc3)n2)n1. The predicted octanol–water partition coefficient (Wildman–Crippen LogP) is 5.02. The molecule has 0 fully saturated rings. The van der Waals surface area contributed by atoms with Crippen molar-refractivity contribution in [2.24, 2.45) is 5.10 Å². The lowest BCUT2D eigenvalue weighted by atomic mass is 10.1. The number of aromatic nitrogens is 5. The highest BCUT2D eigenvalue weighted by Gasteiger charge is 2.12. The molecule has 0 unspecified atom stereocenters. The first-order chi connectivity index (χ1) is 16.1. The van der Waals surface area contributed by atoms with Gasteiger partial charge in [0.1, 0.15) is 0 Å². The van der Waals surface area contributed by atoms with Gasteiger partial charge in [0.2, 0.25) is 11.9 Å². The van der Waals surface area contributed by atoms with Gasteiger partial charge in [-0.25, -0.2) is 10.1 Å². The lowest BCUT2D eigenvalue weighted by molar-refractivity contribution is 0.767. The molecule has 2 heterocycles. The number of anilines is 3. The van der Waals surface area contributed by atoms with Crippen LogP contribution in [0.3, 0.4) is 0 Å². The number of para-hydroxylation sites is 1. The number of nitrogens with one attached hydrogen (secondary N) is 2. The zero-order valence-corrected chi connectivity index (χ0v) is 18.3. The normalized spacial score (nSPS) is 11.2. The molecule has 8 heteroatoms. The molecule has 0 aliphatic carbocycles. The average Bonchev–Trinajstić information content (AvgIpc) is 3.17. The molecule has 0 bridgehead atoms. The molecule has 0 saturated carbocycles. The van der Waals surface area contributed by atoms with Gasteiger partial charge in [-0.1, -0.05) is 54.6 Å². The summed E-state index contributed by atoms with van der Waals surface area (Å²) in [4.78, 5) is 13.5. The largest absolute Gasteiger partial charge is 0.324 e. The van der Waals surface area contributed by atoms with Crippen LogP contribution in [0.2, 0.25) is 0 Å². The minimum atomic E-state index is 0.308. The Labute approximate surface area is 191 Å². The second kappa shape index (κ2) is 8.88. The Morgan fingerprint density at radius 2 is 1.55 bits per heavy atom. The van der Waals surface area contributed by atoms with E-state index in [9.17, 15) is 0 Å². The Hall–Kier alpha value is -4.59. The summed E-state index contributed by atoms with van der Waals surface area (Å²) >= 11 is 0. The Bertz CT molecular complexity index is 1440. The number of fused-ring (bicyclic) bond motifs is 1. The maximum absolute atomic E-state index is 4.55. The Kier molecular flexibility index (Phi) is 5.47. The number of aryl methyl sites for hydroxylation is 2. The molecule has 0 atom stereocenters. The molecule has 3 aromatic carbocycles. The molecule has 0 aliphatic heterocycles. The van der Waals surface area contributed by atoms with Crippen LogP contribution in [0.25, 0.3) is 16.7 Å². The van der Waals surface area contributed by atoms with E-state index in [1.54, 1.807) is 10.9 Å². The minimum Gasteiger partial charge on any atom is -0.324 e. The third-order valence-corrected chi connectivity index (χ3v) is 5.00. The van der Waals surface area contributed by atoms with Crippen LogP contribution in [0.5, 0.6) is 0 Å². The standard InChI is InChI=1S/C25H22N8/c1-17-14-18(2)33(32-17)25-29-23(27-22-10-4-3-5-11-22)28-24(30-25)31-26-16-19-12-13-20-8-6-7-9-21(20)15-19/h3-16H,1-2H3,(H2,27,28,29,30,31)/b26-16+. The van der Waals surface area contributed by atoms with Crippen LogP contribution in [0.1, 0.15) is 17.0 Å². The topological polar surface area (TPSA) is 92.9 Å². The number of hydrazone groups is 1. The van der Waals surface area contributed by atoms with Crippen molar-refractivity contribution in [1.82, 2.24) is 24.7 Å². The highest BCUT2D eigenvalue weighted by molar-refractivity contribution is 5.90.